The van der Waals surface area contributed by atoms with E-state index in [1.807, 2.05) is 0 Å². The van der Waals surface area contributed by atoms with Gasteiger partial charge in [-0.1, -0.05) is 39.5 Å². The molecule has 0 heterocycles. The van der Waals surface area contributed by atoms with Crippen molar-refractivity contribution in [2.24, 2.45) is 17.1 Å². The topological polar surface area (TPSA) is 55.1 Å². The Hall–Kier alpha value is -0.570. The van der Waals surface area contributed by atoms with Gasteiger partial charge in [0.25, 0.3) is 0 Å². The molecule has 0 unspecified atom stereocenters. The zero-order valence-electron chi connectivity index (χ0n) is 12.1. The lowest BCUT2D eigenvalue weighted by molar-refractivity contribution is -0.126. The number of hydrogen-bond acceptors (Lipinski definition) is 2. The number of amides is 1. The standard InChI is InChI=1S/C15H30N2O/c1-3-7-13(8-4-2)14(18)17-12-15(11-16)9-5-6-10-15/h13H,3-12,16H2,1-2H3,(H,17,18). The van der Waals surface area contributed by atoms with Crippen LogP contribution in [0.3, 0.4) is 0 Å². The van der Waals surface area contributed by atoms with Crippen molar-refractivity contribution in [1.82, 2.24) is 5.32 Å². The minimum Gasteiger partial charge on any atom is -0.355 e. The van der Waals surface area contributed by atoms with Crippen molar-refractivity contribution in [3.8, 4) is 0 Å². The van der Waals surface area contributed by atoms with Crippen LogP contribution in [0.2, 0.25) is 0 Å². The summed E-state index contributed by atoms with van der Waals surface area (Å²) in [4.78, 5) is 12.2. The van der Waals surface area contributed by atoms with Crippen LogP contribution in [0.5, 0.6) is 0 Å². The van der Waals surface area contributed by atoms with Crippen LogP contribution >= 0.6 is 0 Å². The van der Waals surface area contributed by atoms with Gasteiger partial charge in [-0.15, -0.1) is 0 Å². The van der Waals surface area contributed by atoms with E-state index in [1.165, 1.54) is 25.7 Å². The molecule has 3 N–H and O–H groups in total. The maximum Gasteiger partial charge on any atom is 0.223 e. The molecule has 1 saturated carbocycles. The van der Waals surface area contributed by atoms with E-state index in [1.54, 1.807) is 0 Å². The SMILES string of the molecule is CCCC(CCC)C(=O)NCC1(CN)CCCC1. The Morgan fingerprint density at radius 1 is 1.22 bits per heavy atom. The Labute approximate surface area is 112 Å². The molecule has 106 valence electrons. The fraction of sp³-hybridized carbons (Fsp3) is 0.933. The predicted molar refractivity (Wildman–Crippen MR) is 76.3 cm³/mol. The van der Waals surface area contributed by atoms with E-state index in [0.717, 1.165) is 32.2 Å². The summed E-state index contributed by atoms with van der Waals surface area (Å²) in [7, 11) is 0. The van der Waals surface area contributed by atoms with Crippen LogP contribution in [0, 0.1) is 11.3 Å². The Morgan fingerprint density at radius 3 is 2.22 bits per heavy atom. The van der Waals surface area contributed by atoms with Crippen LogP contribution in [-0.2, 0) is 4.79 Å². The van der Waals surface area contributed by atoms with E-state index in [4.69, 9.17) is 5.73 Å². The van der Waals surface area contributed by atoms with Gasteiger partial charge in [-0.2, -0.15) is 0 Å². The molecule has 0 radical (unpaired) electrons. The van der Waals surface area contributed by atoms with Gasteiger partial charge in [0.2, 0.25) is 5.91 Å². The lowest BCUT2D eigenvalue weighted by Gasteiger charge is -2.28. The van der Waals surface area contributed by atoms with Crippen molar-refractivity contribution in [1.29, 1.82) is 0 Å². The first kappa shape index (κ1) is 15.5. The highest BCUT2D eigenvalue weighted by Gasteiger charge is 2.33. The number of nitrogens with one attached hydrogen (secondary N) is 1. The van der Waals surface area contributed by atoms with Gasteiger partial charge in [-0.3, -0.25) is 4.79 Å². The molecule has 18 heavy (non-hydrogen) atoms. The van der Waals surface area contributed by atoms with Gasteiger partial charge in [-0.05, 0) is 37.6 Å². The number of carbonyl (C=O) groups is 1. The highest BCUT2D eigenvalue weighted by molar-refractivity contribution is 5.78. The minimum atomic E-state index is 0.193. The summed E-state index contributed by atoms with van der Waals surface area (Å²) in [6.07, 6.45) is 9.07. The normalized spacial score (nSPS) is 18.2. The van der Waals surface area contributed by atoms with Gasteiger partial charge in [0.1, 0.15) is 0 Å². The fourth-order valence-corrected chi connectivity index (χ4v) is 3.10. The van der Waals surface area contributed by atoms with Crippen LogP contribution in [-0.4, -0.2) is 19.0 Å². The van der Waals surface area contributed by atoms with Gasteiger partial charge >= 0.3 is 0 Å². The highest BCUT2D eigenvalue weighted by Crippen LogP contribution is 2.36. The smallest absolute Gasteiger partial charge is 0.223 e. The van der Waals surface area contributed by atoms with Crippen LogP contribution in [0.15, 0.2) is 0 Å². The minimum absolute atomic E-state index is 0.193. The van der Waals surface area contributed by atoms with E-state index in [-0.39, 0.29) is 17.2 Å². The molecule has 0 aliphatic heterocycles. The summed E-state index contributed by atoms with van der Waals surface area (Å²) in [5, 5.41) is 3.17. The Morgan fingerprint density at radius 2 is 1.78 bits per heavy atom. The van der Waals surface area contributed by atoms with E-state index in [0.29, 0.717) is 6.54 Å². The maximum absolute atomic E-state index is 12.2. The van der Waals surface area contributed by atoms with Crippen LogP contribution in [0.25, 0.3) is 0 Å². The second kappa shape index (κ2) is 7.78. The van der Waals surface area contributed by atoms with E-state index < -0.39 is 0 Å². The van der Waals surface area contributed by atoms with Gasteiger partial charge in [0.15, 0.2) is 0 Å². The van der Waals surface area contributed by atoms with Crippen molar-refractivity contribution in [2.75, 3.05) is 13.1 Å². The largest absolute Gasteiger partial charge is 0.355 e. The third kappa shape index (κ3) is 4.27. The van der Waals surface area contributed by atoms with Crippen LogP contribution < -0.4 is 11.1 Å². The fourth-order valence-electron chi connectivity index (χ4n) is 3.10. The first-order valence-corrected chi connectivity index (χ1v) is 7.65. The molecule has 1 aliphatic carbocycles. The number of carbonyl (C=O) groups excluding carboxylic acids is 1. The van der Waals surface area contributed by atoms with Crippen molar-refractivity contribution in [3.63, 3.8) is 0 Å². The zero-order valence-corrected chi connectivity index (χ0v) is 12.1. The molecule has 0 bridgehead atoms. The summed E-state index contributed by atoms with van der Waals surface area (Å²) >= 11 is 0. The lowest BCUT2D eigenvalue weighted by atomic mass is 9.86. The Balaban J connectivity index is 2.42. The average Bonchev–Trinajstić information content (AvgIpc) is 2.85. The quantitative estimate of drug-likeness (QED) is 0.700. The Kier molecular flexibility index (Phi) is 6.69. The molecule has 1 rings (SSSR count). The predicted octanol–water partition coefficient (Wildman–Crippen LogP) is 2.84. The molecule has 1 amide bonds. The van der Waals surface area contributed by atoms with Crippen LogP contribution in [0.1, 0.15) is 65.2 Å². The molecule has 0 aromatic rings. The van der Waals surface area contributed by atoms with Crippen LogP contribution in [0.4, 0.5) is 0 Å². The molecule has 0 saturated heterocycles. The van der Waals surface area contributed by atoms with Crippen molar-refractivity contribution in [2.45, 2.75) is 65.2 Å². The second-order valence-electron chi connectivity index (χ2n) is 5.90. The summed E-state index contributed by atoms with van der Waals surface area (Å²) in [6, 6.07) is 0. The number of rotatable bonds is 8. The molecule has 0 atom stereocenters. The third-order valence-electron chi connectivity index (χ3n) is 4.38. The second-order valence-corrected chi connectivity index (χ2v) is 5.90. The zero-order chi connectivity index (χ0) is 13.4. The first-order valence-electron chi connectivity index (χ1n) is 7.65. The third-order valence-corrected chi connectivity index (χ3v) is 4.38. The van der Waals surface area contributed by atoms with E-state index in [9.17, 15) is 4.79 Å². The van der Waals surface area contributed by atoms with Crippen molar-refractivity contribution < 1.29 is 4.79 Å². The summed E-state index contributed by atoms with van der Waals surface area (Å²) in [5.41, 5.74) is 6.09. The molecule has 1 aliphatic rings. The summed E-state index contributed by atoms with van der Waals surface area (Å²) < 4.78 is 0. The lowest BCUT2D eigenvalue weighted by Crippen LogP contribution is -2.42. The van der Waals surface area contributed by atoms with Crippen molar-refractivity contribution in [3.05, 3.63) is 0 Å². The van der Waals surface area contributed by atoms with Gasteiger partial charge in [0.05, 0.1) is 0 Å². The van der Waals surface area contributed by atoms with Gasteiger partial charge in [-0.25, -0.2) is 0 Å². The number of hydrogen-bond donors (Lipinski definition) is 2. The average molecular weight is 254 g/mol. The monoisotopic (exact) mass is 254 g/mol. The molecular weight excluding hydrogens is 224 g/mol. The highest BCUT2D eigenvalue weighted by atomic mass is 16.1. The number of nitrogens with two attached hydrogens (primary N) is 1. The van der Waals surface area contributed by atoms with E-state index >= 15 is 0 Å². The first-order chi connectivity index (χ1) is 8.67. The van der Waals surface area contributed by atoms with Crippen molar-refractivity contribution >= 4 is 5.91 Å². The van der Waals surface area contributed by atoms with Gasteiger partial charge in [0, 0.05) is 12.5 Å². The molecule has 1 fully saturated rings. The maximum atomic E-state index is 12.2. The molecule has 3 nitrogen and oxygen atoms in total. The molecule has 0 spiro atoms. The Bertz CT molecular complexity index is 241. The molecule has 0 aromatic carbocycles. The summed E-state index contributed by atoms with van der Waals surface area (Å²) in [6.45, 7) is 5.79. The molecule has 0 aromatic heterocycles. The molecular formula is C15H30N2O. The molecule has 3 heteroatoms. The van der Waals surface area contributed by atoms with Gasteiger partial charge < -0.3 is 11.1 Å². The van der Waals surface area contributed by atoms with E-state index in [2.05, 4.69) is 19.2 Å². The summed E-state index contributed by atoms with van der Waals surface area (Å²) in [5.74, 6) is 0.453.